The highest BCUT2D eigenvalue weighted by Gasteiger charge is 2.16. The Hall–Kier alpha value is -3.51. The lowest BCUT2D eigenvalue weighted by Crippen LogP contribution is -2.05. The number of halogens is 1. The van der Waals surface area contributed by atoms with E-state index >= 15 is 0 Å². The maximum atomic E-state index is 11.5. The molecule has 156 valence electrons. The molecule has 0 atom stereocenters. The summed E-state index contributed by atoms with van der Waals surface area (Å²) in [4.78, 5) is 11.5. The van der Waals surface area contributed by atoms with Gasteiger partial charge in [0.25, 0.3) is 0 Å². The minimum absolute atomic E-state index is 0.142. The molecule has 1 heterocycles. The molecule has 0 spiro atoms. The van der Waals surface area contributed by atoms with Crippen LogP contribution in [0, 0.1) is 6.92 Å². The number of hydrogen-bond donors (Lipinski definition) is 2. The number of carboxylic acids is 1. The number of anilines is 1. The van der Waals surface area contributed by atoms with Gasteiger partial charge in [-0.3, -0.25) is 0 Å². The molecule has 4 rings (SSSR count). The van der Waals surface area contributed by atoms with Gasteiger partial charge in [-0.1, -0.05) is 46.3 Å². The largest absolute Gasteiger partial charge is 0.488 e. The molecule has 0 amide bonds. The number of rotatable bonds is 6. The molecule has 4 aromatic rings. The highest BCUT2D eigenvalue weighted by atomic mass is 79.9. The van der Waals surface area contributed by atoms with Crippen molar-refractivity contribution in [3.63, 3.8) is 0 Å². The van der Waals surface area contributed by atoms with Gasteiger partial charge in [0.15, 0.2) is 0 Å². The van der Waals surface area contributed by atoms with Gasteiger partial charge in [-0.15, -0.1) is 0 Å². The lowest BCUT2D eigenvalue weighted by Gasteiger charge is -2.17. The van der Waals surface area contributed by atoms with Crippen molar-refractivity contribution < 1.29 is 14.6 Å². The van der Waals surface area contributed by atoms with Gasteiger partial charge < -0.3 is 20.1 Å². The van der Waals surface area contributed by atoms with E-state index in [1.54, 1.807) is 12.1 Å². The smallest absolute Gasteiger partial charge is 0.335 e. The number of nitrogens with zero attached hydrogens (tertiary/aromatic N) is 1. The maximum absolute atomic E-state index is 11.5. The SMILES string of the molecule is Cc1ccc(-c2cc(Br)ccc2OCc2ccccc2)n1-c1cc(N)cc(C(=O)O)c1. The Kier molecular flexibility index (Phi) is 5.82. The van der Waals surface area contributed by atoms with Crippen molar-refractivity contribution >= 4 is 27.6 Å². The molecule has 3 N–H and O–H groups in total. The van der Waals surface area contributed by atoms with Crippen LogP contribution < -0.4 is 10.5 Å². The second kappa shape index (κ2) is 8.70. The molecule has 0 unspecified atom stereocenters. The summed E-state index contributed by atoms with van der Waals surface area (Å²) in [5.41, 5.74) is 11.0. The van der Waals surface area contributed by atoms with Crippen LogP contribution in [0.4, 0.5) is 5.69 Å². The predicted octanol–water partition coefficient (Wildman–Crippen LogP) is 6.07. The molecule has 0 radical (unpaired) electrons. The lowest BCUT2D eigenvalue weighted by molar-refractivity contribution is 0.0697. The van der Waals surface area contributed by atoms with Crippen LogP contribution in [0.3, 0.4) is 0 Å². The molecular formula is C25H21BrN2O3. The van der Waals surface area contributed by atoms with E-state index in [-0.39, 0.29) is 5.56 Å². The summed E-state index contributed by atoms with van der Waals surface area (Å²) >= 11 is 3.56. The third kappa shape index (κ3) is 4.49. The van der Waals surface area contributed by atoms with Gasteiger partial charge >= 0.3 is 5.97 Å². The van der Waals surface area contributed by atoms with E-state index in [9.17, 15) is 9.90 Å². The predicted molar refractivity (Wildman–Crippen MR) is 126 cm³/mol. The zero-order valence-corrected chi connectivity index (χ0v) is 18.5. The van der Waals surface area contributed by atoms with E-state index in [0.29, 0.717) is 18.0 Å². The number of aromatic carboxylic acids is 1. The van der Waals surface area contributed by atoms with Gasteiger partial charge in [0.2, 0.25) is 0 Å². The minimum Gasteiger partial charge on any atom is -0.488 e. The van der Waals surface area contributed by atoms with Crippen LogP contribution in [0.15, 0.2) is 83.3 Å². The molecule has 0 saturated carbocycles. The molecule has 6 heteroatoms. The van der Waals surface area contributed by atoms with Crippen LogP contribution in [-0.2, 0) is 6.61 Å². The first kappa shape index (κ1) is 20.8. The van der Waals surface area contributed by atoms with Gasteiger partial charge in [-0.2, -0.15) is 0 Å². The fraction of sp³-hybridized carbons (Fsp3) is 0.0800. The maximum Gasteiger partial charge on any atom is 0.335 e. The summed E-state index contributed by atoms with van der Waals surface area (Å²) in [6, 6.07) is 24.7. The zero-order chi connectivity index (χ0) is 22.0. The number of benzene rings is 3. The fourth-order valence-corrected chi connectivity index (χ4v) is 3.90. The lowest BCUT2D eigenvalue weighted by atomic mass is 10.1. The molecule has 5 nitrogen and oxygen atoms in total. The standard InChI is InChI=1S/C25H21BrN2O3/c1-16-7-9-23(28(16)21-12-18(25(29)30)11-20(27)14-21)22-13-19(26)8-10-24(22)31-15-17-5-3-2-4-6-17/h2-14H,15,27H2,1H3,(H,29,30). The Morgan fingerprint density at radius 2 is 1.81 bits per heavy atom. The first-order valence-corrected chi connectivity index (χ1v) is 10.5. The molecule has 31 heavy (non-hydrogen) atoms. The number of carboxylic acid groups (broad SMARTS) is 1. The van der Waals surface area contributed by atoms with E-state index in [1.807, 2.05) is 72.2 Å². The fourth-order valence-electron chi connectivity index (χ4n) is 3.54. The molecule has 0 aliphatic carbocycles. The number of carbonyl (C=O) groups is 1. The number of aryl methyl sites for hydroxylation is 1. The molecule has 3 aromatic carbocycles. The number of ether oxygens (including phenoxy) is 1. The minimum atomic E-state index is -1.02. The summed E-state index contributed by atoms with van der Waals surface area (Å²) in [5, 5.41) is 9.45. The molecule has 0 fully saturated rings. The second-order valence-electron chi connectivity index (χ2n) is 7.23. The quantitative estimate of drug-likeness (QED) is 0.330. The molecule has 1 aromatic heterocycles. The van der Waals surface area contributed by atoms with Crippen molar-refractivity contribution in [2.45, 2.75) is 13.5 Å². The summed E-state index contributed by atoms with van der Waals surface area (Å²) in [5.74, 6) is -0.289. The van der Waals surface area contributed by atoms with Crippen LogP contribution in [0.1, 0.15) is 21.6 Å². The number of hydrogen-bond acceptors (Lipinski definition) is 3. The third-order valence-electron chi connectivity index (χ3n) is 4.98. The monoisotopic (exact) mass is 476 g/mol. The summed E-state index contributed by atoms with van der Waals surface area (Å²) < 4.78 is 9.07. The number of nitrogen functional groups attached to an aromatic ring is 1. The van der Waals surface area contributed by atoms with Crippen molar-refractivity contribution in [3.05, 3.63) is 100 Å². The molecule has 0 bridgehead atoms. The van der Waals surface area contributed by atoms with Crippen LogP contribution in [0.5, 0.6) is 5.75 Å². The van der Waals surface area contributed by atoms with E-state index in [0.717, 1.165) is 32.7 Å². The first-order chi connectivity index (χ1) is 14.9. The van der Waals surface area contributed by atoms with Gasteiger partial charge in [-0.25, -0.2) is 4.79 Å². The average molecular weight is 477 g/mol. The zero-order valence-electron chi connectivity index (χ0n) is 16.9. The average Bonchev–Trinajstić information content (AvgIpc) is 3.14. The Balaban J connectivity index is 1.80. The van der Waals surface area contributed by atoms with Crippen LogP contribution in [0.25, 0.3) is 16.9 Å². The van der Waals surface area contributed by atoms with Gasteiger partial charge in [-0.05, 0) is 61.0 Å². The van der Waals surface area contributed by atoms with Crippen molar-refractivity contribution in [1.82, 2.24) is 4.57 Å². The van der Waals surface area contributed by atoms with Crippen molar-refractivity contribution in [3.8, 4) is 22.7 Å². The Labute approximate surface area is 188 Å². The second-order valence-corrected chi connectivity index (χ2v) is 8.14. The molecule has 0 aliphatic rings. The first-order valence-electron chi connectivity index (χ1n) is 9.71. The Bertz CT molecular complexity index is 1250. The van der Waals surface area contributed by atoms with Gasteiger partial charge in [0.05, 0.1) is 11.3 Å². The van der Waals surface area contributed by atoms with Crippen LogP contribution >= 0.6 is 15.9 Å². The van der Waals surface area contributed by atoms with Crippen molar-refractivity contribution in [2.75, 3.05) is 5.73 Å². The summed E-state index contributed by atoms with van der Waals surface area (Å²) in [6.45, 7) is 2.41. The van der Waals surface area contributed by atoms with E-state index < -0.39 is 5.97 Å². The highest BCUT2D eigenvalue weighted by Crippen LogP contribution is 2.36. The summed E-state index contributed by atoms with van der Waals surface area (Å²) in [7, 11) is 0. The normalized spacial score (nSPS) is 10.8. The number of aromatic nitrogens is 1. The van der Waals surface area contributed by atoms with E-state index in [2.05, 4.69) is 15.9 Å². The van der Waals surface area contributed by atoms with E-state index in [1.165, 1.54) is 6.07 Å². The van der Waals surface area contributed by atoms with Gasteiger partial charge in [0.1, 0.15) is 12.4 Å². The van der Waals surface area contributed by atoms with E-state index in [4.69, 9.17) is 10.5 Å². The molecule has 0 aliphatic heterocycles. The summed E-state index contributed by atoms with van der Waals surface area (Å²) in [6.07, 6.45) is 0. The van der Waals surface area contributed by atoms with Crippen molar-refractivity contribution in [1.29, 1.82) is 0 Å². The Morgan fingerprint density at radius 3 is 2.55 bits per heavy atom. The topological polar surface area (TPSA) is 77.5 Å². The van der Waals surface area contributed by atoms with Crippen LogP contribution in [-0.4, -0.2) is 15.6 Å². The van der Waals surface area contributed by atoms with Crippen LogP contribution in [0.2, 0.25) is 0 Å². The Morgan fingerprint density at radius 1 is 1.03 bits per heavy atom. The van der Waals surface area contributed by atoms with Crippen molar-refractivity contribution in [2.24, 2.45) is 0 Å². The number of nitrogens with two attached hydrogens (primary N) is 1. The highest BCUT2D eigenvalue weighted by molar-refractivity contribution is 9.10. The third-order valence-corrected chi connectivity index (χ3v) is 5.47. The van der Waals surface area contributed by atoms with Gasteiger partial charge in [0, 0.05) is 27.1 Å². The molecule has 0 saturated heterocycles. The molecular weight excluding hydrogens is 456 g/mol.